The fourth-order valence-electron chi connectivity index (χ4n) is 2.12. The molecule has 1 aromatic heterocycles. The number of nitrogens with two attached hydrogens (primary N) is 1. The van der Waals surface area contributed by atoms with Crippen LogP contribution in [0.25, 0.3) is 11.3 Å². The molecule has 0 spiro atoms. The van der Waals surface area contributed by atoms with Crippen molar-refractivity contribution in [3.63, 3.8) is 0 Å². The minimum absolute atomic E-state index is 0.431. The van der Waals surface area contributed by atoms with E-state index in [1.165, 1.54) is 0 Å². The molecule has 0 aliphatic carbocycles. The second kappa shape index (κ2) is 5.25. The van der Waals surface area contributed by atoms with Gasteiger partial charge in [0, 0.05) is 0 Å². The van der Waals surface area contributed by atoms with Crippen molar-refractivity contribution in [3.8, 4) is 17.3 Å². The van der Waals surface area contributed by atoms with Crippen LogP contribution in [0.2, 0.25) is 0 Å². The highest BCUT2D eigenvalue weighted by Crippen LogP contribution is 2.24. The van der Waals surface area contributed by atoms with Crippen molar-refractivity contribution in [2.45, 2.75) is 32.2 Å². The first kappa shape index (κ1) is 13.3. The number of H-pyrrole nitrogens is 1. The van der Waals surface area contributed by atoms with Gasteiger partial charge in [-0.15, -0.1) is 0 Å². The average molecular weight is 254 g/mol. The molecule has 1 heterocycles. The van der Waals surface area contributed by atoms with Crippen molar-refractivity contribution in [2.24, 2.45) is 5.73 Å². The molecule has 0 aliphatic rings. The van der Waals surface area contributed by atoms with Gasteiger partial charge < -0.3 is 10.7 Å². The van der Waals surface area contributed by atoms with E-state index in [-0.39, 0.29) is 0 Å². The fraction of sp³-hybridized carbons (Fsp3) is 0.333. The molecule has 1 atom stereocenters. The molecule has 2 aromatic rings. The van der Waals surface area contributed by atoms with Crippen molar-refractivity contribution in [3.05, 3.63) is 41.9 Å². The van der Waals surface area contributed by atoms with E-state index in [1.807, 2.05) is 19.1 Å². The zero-order chi connectivity index (χ0) is 13.9. The van der Waals surface area contributed by atoms with Gasteiger partial charge in [0.15, 0.2) is 0 Å². The number of hydrogen-bond donors (Lipinski definition) is 2. The number of nitrogens with zero attached hydrogens (tertiary/aromatic N) is 2. The van der Waals surface area contributed by atoms with Crippen LogP contribution in [0.3, 0.4) is 0 Å². The lowest BCUT2D eigenvalue weighted by molar-refractivity contribution is 0.423. The monoisotopic (exact) mass is 254 g/mol. The summed E-state index contributed by atoms with van der Waals surface area (Å²) in [6, 6.07) is 9.51. The number of nitriles is 1. The third-order valence-corrected chi connectivity index (χ3v) is 3.21. The van der Waals surface area contributed by atoms with Crippen molar-refractivity contribution < 1.29 is 0 Å². The Kier molecular flexibility index (Phi) is 3.68. The van der Waals surface area contributed by atoms with Crippen molar-refractivity contribution in [2.75, 3.05) is 0 Å². The lowest BCUT2D eigenvalue weighted by Crippen LogP contribution is -2.34. The Labute approximate surface area is 113 Å². The van der Waals surface area contributed by atoms with Gasteiger partial charge in [-0.3, -0.25) is 0 Å². The molecule has 0 saturated heterocycles. The predicted molar refractivity (Wildman–Crippen MR) is 75.2 cm³/mol. The Morgan fingerprint density at radius 1 is 1.37 bits per heavy atom. The van der Waals surface area contributed by atoms with Crippen LogP contribution in [0, 0.1) is 11.3 Å². The molecule has 3 N–H and O–H groups in total. The maximum Gasteiger partial charge on any atom is 0.126 e. The van der Waals surface area contributed by atoms with Gasteiger partial charge in [-0.2, -0.15) is 5.26 Å². The molecule has 98 valence electrons. The Morgan fingerprint density at radius 2 is 2.05 bits per heavy atom. The lowest BCUT2D eigenvalue weighted by Gasteiger charge is -2.21. The summed E-state index contributed by atoms with van der Waals surface area (Å²) in [5.74, 6) is 0.800. The zero-order valence-electron chi connectivity index (χ0n) is 11.3. The summed E-state index contributed by atoms with van der Waals surface area (Å²) in [7, 11) is 0. The van der Waals surface area contributed by atoms with Crippen molar-refractivity contribution in [1.29, 1.82) is 5.26 Å². The smallest absolute Gasteiger partial charge is 0.126 e. The highest BCUT2D eigenvalue weighted by atomic mass is 15.0. The van der Waals surface area contributed by atoms with Gasteiger partial charge >= 0.3 is 0 Å². The van der Waals surface area contributed by atoms with Crippen LogP contribution in [0.4, 0.5) is 0 Å². The quantitative estimate of drug-likeness (QED) is 0.880. The summed E-state index contributed by atoms with van der Waals surface area (Å²) in [6.45, 7) is 4.09. The van der Waals surface area contributed by atoms with Crippen LogP contribution in [0.1, 0.15) is 38.1 Å². The number of imidazole rings is 1. The molecule has 1 unspecified atom stereocenters. The van der Waals surface area contributed by atoms with Gasteiger partial charge in [0.05, 0.1) is 29.1 Å². The first-order chi connectivity index (χ1) is 9.06. The molecule has 19 heavy (non-hydrogen) atoms. The summed E-state index contributed by atoms with van der Waals surface area (Å²) >= 11 is 0. The summed E-state index contributed by atoms with van der Waals surface area (Å²) in [6.07, 6.45) is 3.69. The first-order valence-corrected chi connectivity index (χ1v) is 6.41. The van der Waals surface area contributed by atoms with E-state index in [0.29, 0.717) is 5.56 Å². The van der Waals surface area contributed by atoms with Crippen LogP contribution < -0.4 is 5.73 Å². The molecule has 2 rings (SSSR count). The van der Waals surface area contributed by atoms with E-state index >= 15 is 0 Å². The van der Waals surface area contributed by atoms with Gasteiger partial charge in [0.1, 0.15) is 5.82 Å². The normalized spacial score (nSPS) is 13.8. The highest BCUT2D eigenvalue weighted by molar-refractivity contribution is 5.59. The minimum Gasteiger partial charge on any atom is -0.340 e. The van der Waals surface area contributed by atoms with Gasteiger partial charge in [-0.05, 0) is 31.0 Å². The third kappa shape index (κ3) is 2.83. The second-order valence-electron chi connectivity index (χ2n) is 5.00. The predicted octanol–water partition coefficient (Wildman–Crippen LogP) is 2.92. The molecular formula is C15H18N4. The molecule has 4 heteroatoms. The number of nitrogens with one attached hydrogen (secondary N) is 1. The van der Waals surface area contributed by atoms with Gasteiger partial charge in [0.25, 0.3) is 0 Å². The van der Waals surface area contributed by atoms with E-state index in [9.17, 15) is 0 Å². The molecule has 0 radical (unpaired) electrons. The average Bonchev–Trinajstić information content (AvgIpc) is 2.89. The maximum absolute atomic E-state index is 8.78. The molecule has 0 fully saturated rings. The second-order valence-corrected chi connectivity index (χ2v) is 5.00. The topological polar surface area (TPSA) is 78.5 Å². The molecule has 0 saturated carbocycles. The Balaban J connectivity index is 2.28. The third-order valence-electron chi connectivity index (χ3n) is 3.21. The number of rotatable bonds is 4. The van der Waals surface area contributed by atoms with E-state index in [2.05, 4.69) is 23.0 Å². The molecule has 4 nitrogen and oxygen atoms in total. The summed E-state index contributed by atoms with van der Waals surface area (Å²) < 4.78 is 0. The van der Waals surface area contributed by atoms with Crippen LogP contribution in [0.5, 0.6) is 0 Å². The Bertz CT molecular complexity index is 587. The number of aromatic amines is 1. The summed E-state index contributed by atoms with van der Waals surface area (Å²) in [5, 5.41) is 8.78. The summed E-state index contributed by atoms with van der Waals surface area (Å²) in [5.41, 5.74) is 8.40. The number of hydrogen-bond acceptors (Lipinski definition) is 3. The largest absolute Gasteiger partial charge is 0.340 e. The van der Waals surface area contributed by atoms with Gasteiger partial charge in [-0.25, -0.2) is 4.98 Å². The molecule has 0 amide bonds. The van der Waals surface area contributed by atoms with Crippen molar-refractivity contribution in [1.82, 2.24) is 9.97 Å². The molecular weight excluding hydrogens is 236 g/mol. The van der Waals surface area contributed by atoms with Crippen LogP contribution >= 0.6 is 0 Å². The standard InChI is InChI=1S/C15H18N4/c1-3-8-15(2,17)14-18-10-13(19-14)12-6-4-11(9-16)5-7-12/h4-7,10H,3,8,17H2,1-2H3,(H,18,19). The minimum atomic E-state index is -0.431. The fourth-order valence-corrected chi connectivity index (χ4v) is 2.12. The van der Waals surface area contributed by atoms with E-state index in [1.54, 1.807) is 18.3 Å². The SMILES string of the molecule is CCCC(C)(N)c1ncc(-c2ccc(C#N)cc2)[nH]1. The summed E-state index contributed by atoms with van der Waals surface area (Å²) in [4.78, 5) is 7.65. The van der Waals surface area contributed by atoms with E-state index < -0.39 is 5.54 Å². The highest BCUT2D eigenvalue weighted by Gasteiger charge is 2.23. The van der Waals surface area contributed by atoms with Crippen LogP contribution in [-0.2, 0) is 5.54 Å². The van der Waals surface area contributed by atoms with Crippen LogP contribution in [-0.4, -0.2) is 9.97 Å². The number of aromatic nitrogens is 2. The zero-order valence-corrected chi connectivity index (χ0v) is 11.3. The van der Waals surface area contributed by atoms with Crippen molar-refractivity contribution >= 4 is 0 Å². The molecule has 0 bridgehead atoms. The van der Waals surface area contributed by atoms with Crippen LogP contribution in [0.15, 0.2) is 30.5 Å². The molecule has 1 aromatic carbocycles. The maximum atomic E-state index is 8.78. The number of benzene rings is 1. The lowest BCUT2D eigenvalue weighted by atomic mass is 9.97. The van der Waals surface area contributed by atoms with E-state index in [0.717, 1.165) is 29.9 Å². The van der Waals surface area contributed by atoms with Gasteiger partial charge in [0.2, 0.25) is 0 Å². The Hall–Kier alpha value is -2.12. The Morgan fingerprint density at radius 3 is 2.63 bits per heavy atom. The molecule has 0 aliphatic heterocycles. The van der Waals surface area contributed by atoms with E-state index in [4.69, 9.17) is 11.0 Å². The van der Waals surface area contributed by atoms with Gasteiger partial charge in [-0.1, -0.05) is 25.5 Å². The first-order valence-electron chi connectivity index (χ1n) is 6.41.